The van der Waals surface area contributed by atoms with Gasteiger partial charge in [-0.15, -0.1) is 0 Å². The normalized spacial score (nSPS) is 19.3. The van der Waals surface area contributed by atoms with E-state index in [0.29, 0.717) is 11.8 Å². The highest BCUT2D eigenvalue weighted by molar-refractivity contribution is 5.93. The van der Waals surface area contributed by atoms with Crippen molar-refractivity contribution in [3.05, 3.63) is 11.8 Å². The molecule has 0 radical (unpaired) electrons. The Morgan fingerprint density at radius 2 is 2.33 bits per heavy atom. The number of anilines is 1. The fraction of sp³-hybridized carbons (Fsp3) is 0.583. The summed E-state index contributed by atoms with van der Waals surface area (Å²) in [6, 6.07) is 1.57. The zero-order valence-electron chi connectivity index (χ0n) is 10.7. The second-order valence-corrected chi connectivity index (χ2v) is 4.37. The molecule has 0 aliphatic carbocycles. The lowest BCUT2D eigenvalue weighted by atomic mass is 10.0. The number of nitrogens with zero attached hydrogens (tertiary/aromatic N) is 2. The number of piperidine rings is 1. The van der Waals surface area contributed by atoms with E-state index in [2.05, 4.69) is 20.6 Å². The minimum atomic E-state index is -0.145. The van der Waals surface area contributed by atoms with Crippen LogP contribution in [0.4, 0.5) is 5.95 Å². The summed E-state index contributed by atoms with van der Waals surface area (Å²) in [5.74, 6) is 0.668. The molecule has 1 atom stereocenters. The molecule has 1 saturated heterocycles. The molecule has 1 aliphatic rings. The maximum Gasteiger partial charge on any atom is 0.243 e. The van der Waals surface area contributed by atoms with Gasteiger partial charge in [0.1, 0.15) is 0 Å². The van der Waals surface area contributed by atoms with Gasteiger partial charge >= 0.3 is 0 Å². The molecule has 0 unspecified atom stereocenters. The van der Waals surface area contributed by atoms with Crippen LogP contribution in [0.1, 0.15) is 25.0 Å². The van der Waals surface area contributed by atoms with Crippen molar-refractivity contribution in [2.75, 3.05) is 19.0 Å². The maximum atomic E-state index is 12.0. The number of amides is 1. The molecule has 1 amide bonds. The van der Waals surface area contributed by atoms with E-state index in [9.17, 15) is 4.79 Å². The molecule has 18 heavy (non-hydrogen) atoms. The lowest BCUT2D eigenvalue weighted by molar-refractivity contribution is -0.118. The fourth-order valence-corrected chi connectivity index (χ4v) is 1.97. The molecule has 0 spiro atoms. The number of ether oxygens (including phenoxy) is 1. The van der Waals surface area contributed by atoms with Crippen molar-refractivity contribution in [1.82, 2.24) is 15.3 Å². The fourth-order valence-electron chi connectivity index (χ4n) is 1.97. The third-order valence-corrected chi connectivity index (χ3v) is 2.90. The number of carbonyl (C=O) groups excluding carboxylic acids is 1. The molecule has 2 N–H and O–H groups in total. The van der Waals surface area contributed by atoms with Crippen molar-refractivity contribution < 1.29 is 9.53 Å². The Kier molecular flexibility index (Phi) is 4.09. The number of hydrogen-bond acceptors (Lipinski definition) is 5. The van der Waals surface area contributed by atoms with Gasteiger partial charge in [-0.1, -0.05) is 6.42 Å². The first kappa shape index (κ1) is 12.8. The largest absolute Gasteiger partial charge is 0.481 e. The van der Waals surface area contributed by atoms with Gasteiger partial charge in [0.2, 0.25) is 17.7 Å². The minimum absolute atomic E-state index is 0.0812. The van der Waals surface area contributed by atoms with Crippen molar-refractivity contribution in [1.29, 1.82) is 0 Å². The second-order valence-electron chi connectivity index (χ2n) is 4.37. The van der Waals surface area contributed by atoms with Crippen LogP contribution in [0, 0.1) is 6.92 Å². The first-order chi connectivity index (χ1) is 8.69. The van der Waals surface area contributed by atoms with Crippen molar-refractivity contribution in [3.63, 3.8) is 0 Å². The molecule has 6 nitrogen and oxygen atoms in total. The topological polar surface area (TPSA) is 76.1 Å². The van der Waals surface area contributed by atoms with E-state index < -0.39 is 0 Å². The molecular formula is C12H18N4O2. The number of rotatable bonds is 3. The quantitative estimate of drug-likeness (QED) is 0.832. The van der Waals surface area contributed by atoms with E-state index >= 15 is 0 Å². The van der Waals surface area contributed by atoms with E-state index in [0.717, 1.165) is 31.5 Å². The van der Waals surface area contributed by atoms with Gasteiger partial charge in [0.25, 0.3) is 0 Å². The van der Waals surface area contributed by atoms with Gasteiger partial charge in [-0.2, -0.15) is 4.98 Å². The number of hydrogen-bond donors (Lipinski definition) is 2. The van der Waals surface area contributed by atoms with Crippen molar-refractivity contribution in [2.24, 2.45) is 0 Å². The number of carbonyl (C=O) groups is 1. The molecule has 1 aliphatic heterocycles. The standard InChI is InChI=1S/C12H18N4O2/c1-8-7-10(18-2)15-12(14-8)16-11(17)9-5-3-4-6-13-9/h7,9,13H,3-6H2,1-2H3,(H,14,15,16,17)/t9-/m1/s1. The lowest BCUT2D eigenvalue weighted by Crippen LogP contribution is -2.43. The van der Waals surface area contributed by atoms with Crippen LogP contribution >= 0.6 is 0 Å². The molecule has 98 valence electrons. The average Bonchev–Trinajstić information content (AvgIpc) is 2.39. The van der Waals surface area contributed by atoms with E-state index in [1.807, 2.05) is 6.92 Å². The summed E-state index contributed by atoms with van der Waals surface area (Å²) in [6.07, 6.45) is 3.05. The monoisotopic (exact) mass is 250 g/mol. The van der Waals surface area contributed by atoms with Gasteiger partial charge in [-0.05, 0) is 26.3 Å². The molecule has 0 aromatic carbocycles. The molecule has 0 saturated carbocycles. The highest BCUT2D eigenvalue weighted by atomic mass is 16.5. The molecule has 1 aromatic rings. The minimum Gasteiger partial charge on any atom is -0.481 e. The third-order valence-electron chi connectivity index (χ3n) is 2.90. The molecular weight excluding hydrogens is 232 g/mol. The van der Waals surface area contributed by atoms with E-state index in [1.165, 1.54) is 7.11 Å². The van der Waals surface area contributed by atoms with Gasteiger partial charge in [0.15, 0.2) is 0 Å². The molecule has 6 heteroatoms. The molecule has 1 aromatic heterocycles. The highest BCUT2D eigenvalue weighted by Crippen LogP contribution is 2.13. The third kappa shape index (κ3) is 3.16. The Hall–Kier alpha value is -1.69. The zero-order chi connectivity index (χ0) is 13.0. The average molecular weight is 250 g/mol. The summed E-state index contributed by atoms with van der Waals surface area (Å²) < 4.78 is 5.04. The number of aromatic nitrogens is 2. The van der Waals surface area contributed by atoms with Crippen LogP contribution in [-0.2, 0) is 4.79 Å². The van der Waals surface area contributed by atoms with Gasteiger partial charge < -0.3 is 10.1 Å². The smallest absolute Gasteiger partial charge is 0.243 e. The summed E-state index contributed by atoms with van der Waals surface area (Å²) in [5.41, 5.74) is 0.758. The first-order valence-corrected chi connectivity index (χ1v) is 6.13. The Morgan fingerprint density at radius 3 is 3.00 bits per heavy atom. The van der Waals surface area contributed by atoms with Crippen molar-refractivity contribution >= 4 is 11.9 Å². The van der Waals surface area contributed by atoms with Gasteiger partial charge in [0.05, 0.1) is 13.2 Å². The highest BCUT2D eigenvalue weighted by Gasteiger charge is 2.21. The van der Waals surface area contributed by atoms with Crippen LogP contribution in [0.5, 0.6) is 5.88 Å². The Bertz CT molecular complexity index is 430. The van der Waals surface area contributed by atoms with Gasteiger partial charge in [-0.3, -0.25) is 10.1 Å². The zero-order valence-corrected chi connectivity index (χ0v) is 10.7. The summed E-state index contributed by atoms with van der Waals surface area (Å²) in [6.45, 7) is 2.72. The molecule has 2 heterocycles. The molecule has 2 rings (SSSR count). The lowest BCUT2D eigenvalue weighted by Gasteiger charge is -2.22. The molecule has 0 bridgehead atoms. The Balaban J connectivity index is 2.03. The van der Waals surface area contributed by atoms with Gasteiger partial charge in [-0.25, -0.2) is 4.98 Å². The summed E-state index contributed by atoms with van der Waals surface area (Å²) in [4.78, 5) is 20.2. The van der Waals surface area contributed by atoms with E-state index in [-0.39, 0.29) is 11.9 Å². The van der Waals surface area contributed by atoms with Crippen LogP contribution in [0.3, 0.4) is 0 Å². The van der Waals surface area contributed by atoms with Crippen LogP contribution in [0.15, 0.2) is 6.07 Å². The van der Waals surface area contributed by atoms with E-state index in [1.54, 1.807) is 6.07 Å². The summed E-state index contributed by atoms with van der Waals surface area (Å²) >= 11 is 0. The predicted molar refractivity (Wildman–Crippen MR) is 67.6 cm³/mol. The Morgan fingerprint density at radius 1 is 1.50 bits per heavy atom. The van der Waals surface area contributed by atoms with Crippen molar-refractivity contribution in [2.45, 2.75) is 32.2 Å². The number of methoxy groups -OCH3 is 1. The van der Waals surface area contributed by atoms with Gasteiger partial charge in [0, 0.05) is 11.8 Å². The van der Waals surface area contributed by atoms with Crippen LogP contribution in [-0.4, -0.2) is 35.6 Å². The van der Waals surface area contributed by atoms with Crippen LogP contribution < -0.4 is 15.4 Å². The van der Waals surface area contributed by atoms with Crippen LogP contribution in [0.25, 0.3) is 0 Å². The summed E-state index contributed by atoms with van der Waals surface area (Å²) in [7, 11) is 1.54. The first-order valence-electron chi connectivity index (χ1n) is 6.13. The second kappa shape index (κ2) is 5.77. The predicted octanol–water partition coefficient (Wildman–Crippen LogP) is 0.874. The Labute approximate surface area is 106 Å². The number of aryl methyl sites for hydroxylation is 1. The number of nitrogens with one attached hydrogen (secondary N) is 2. The summed E-state index contributed by atoms with van der Waals surface area (Å²) in [5, 5.41) is 5.91. The van der Waals surface area contributed by atoms with Crippen molar-refractivity contribution in [3.8, 4) is 5.88 Å². The molecule has 1 fully saturated rings. The maximum absolute atomic E-state index is 12.0. The van der Waals surface area contributed by atoms with Crippen LogP contribution in [0.2, 0.25) is 0 Å². The SMILES string of the molecule is COc1cc(C)nc(NC(=O)[C@H]2CCCCN2)n1. The van der Waals surface area contributed by atoms with E-state index in [4.69, 9.17) is 4.74 Å².